The summed E-state index contributed by atoms with van der Waals surface area (Å²) in [4.78, 5) is 12.0. The highest BCUT2D eigenvalue weighted by atomic mass is 16.3. The summed E-state index contributed by atoms with van der Waals surface area (Å²) in [5, 5.41) is 11.7. The van der Waals surface area contributed by atoms with Gasteiger partial charge in [0.2, 0.25) is 5.91 Å². The quantitative estimate of drug-likeness (QED) is 0.672. The van der Waals surface area contributed by atoms with Gasteiger partial charge >= 0.3 is 0 Å². The maximum atomic E-state index is 12.0. The summed E-state index contributed by atoms with van der Waals surface area (Å²) in [5.74, 6) is -0.0748. The number of nitrogens with two attached hydrogens (primary N) is 1. The normalized spacial score (nSPS) is 13.9. The third-order valence-corrected chi connectivity index (χ3v) is 3.00. The SMILES string of the molecule is CC(CCO)CNC(=O)C(CN)c1ccccc1. The Bertz CT molecular complexity index is 354. The first-order chi connectivity index (χ1) is 8.69. The predicted octanol–water partition coefficient (Wildman–Crippen LogP) is 0.864. The van der Waals surface area contributed by atoms with Gasteiger partial charge in [-0.2, -0.15) is 0 Å². The Morgan fingerprint density at radius 2 is 2.06 bits per heavy atom. The van der Waals surface area contributed by atoms with Crippen molar-refractivity contribution in [2.75, 3.05) is 19.7 Å². The molecule has 0 radical (unpaired) electrons. The van der Waals surface area contributed by atoms with E-state index < -0.39 is 0 Å². The lowest BCUT2D eigenvalue weighted by molar-refractivity contribution is -0.122. The van der Waals surface area contributed by atoms with Crippen molar-refractivity contribution in [3.63, 3.8) is 0 Å². The van der Waals surface area contributed by atoms with Crippen molar-refractivity contribution in [3.05, 3.63) is 35.9 Å². The average molecular weight is 250 g/mol. The highest BCUT2D eigenvalue weighted by Crippen LogP contribution is 2.14. The number of nitrogens with one attached hydrogen (secondary N) is 1. The number of rotatable bonds is 7. The van der Waals surface area contributed by atoms with Crippen LogP contribution in [0.3, 0.4) is 0 Å². The van der Waals surface area contributed by atoms with Crippen LogP contribution >= 0.6 is 0 Å². The molecule has 2 atom stereocenters. The van der Waals surface area contributed by atoms with Crippen LogP contribution in [0.25, 0.3) is 0 Å². The second-order valence-corrected chi connectivity index (χ2v) is 4.56. The molecular weight excluding hydrogens is 228 g/mol. The summed E-state index contributed by atoms with van der Waals surface area (Å²) in [7, 11) is 0. The summed E-state index contributed by atoms with van der Waals surface area (Å²) in [5.41, 5.74) is 6.61. The molecule has 2 unspecified atom stereocenters. The molecule has 4 heteroatoms. The number of aliphatic hydroxyl groups is 1. The fourth-order valence-electron chi connectivity index (χ4n) is 1.80. The van der Waals surface area contributed by atoms with E-state index in [4.69, 9.17) is 10.8 Å². The number of amides is 1. The lowest BCUT2D eigenvalue weighted by Gasteiger charge is -2.17. The van der Waals surface area contributed by atoms with Gasteiger partial charge in [-0.1, -0.05) is 37.3 Å². The standard InChI is InChI=1S/C14H22N2O2/c1-11(7-8-17)10-16-14(18)13(9-15)12-5-3-2-4-6-12/h2-6,11,13,17H,7-10,15H2,1H3,(H,16,18). The van der Waals surface area contributed by atoms with Crippen LogP contribution in [0.4, 0.5) is 0 Å². The number of benzene rings is 1. The van der Waals surface area contributed by atoms with Crippen LogP contribution in [0, 0.1) is 5.92 Å². The summed E-state index contributed by atoms with van der Waals surface area (Å²) < 4.78 is 0. The lowest BCUT2D eigenvalue weighted by atomic mass is 9.98. The van der Waals surface area contributed by atoms with E-state index in [0.717, 1.165) is 5.56 Å². The molecule has 0 fully saturated rings. The van der Waals surface area contributed by atoms with Gasteiger partial charge in [0.05, 0.1) is 5.92 Å². The van der Waals surface area contributed by atoms with Gasteiger partial charge in [0.25, 0.3) is 0 Å². The number of hydrogen-bond donors (Lipinski definition) is 3. The van der Waals surface area contributed by atoms with Gasteiger partial charge in [-0.05, 0) is 17.9 Å². The van der Waals surface area contributed by atoms with Crippen molar-refractivity contribution in [3.8, 4) is 0 Å². The molecule has 0 aromatic heterocycles. The fourth-order valence-corrected chi connectivity index (χ4v) is 1.80. The Kier molecular flexibility index (Phi) is 6.39. The Morgan fingerprint density at radius 3 is 2.61 bits per heavy atom. The molecule has 0 bridgehead atoms. The molecule has 18 heavy (non-hydrogen) atoms. The van der Waals surface area contributed by atoms with Gasteiger partial charge in [-0.15, -0.1) is 0 Å². The van der Waals surface area contributed by atoms with Crippen LogP contribution in [0.15, 0.2) is 30.3 Å². The number of carbonyl (C=O) groups excluding carboxylic acids is 1. The zero-order valence-corrected chi connectivity index (χ0v) is 10.8. The third kappa shape index (κ3) is 4.47. The van der Waals surface area contributed by atoms with E-state index in [1.54, 1.807) is 0 Å². The van der Waals surface area contributed by atoms with Crippen LogP contribution in [0.2, 0.25) is 0 Å². The van der Waals surface area contributed by atoms with E-state index in [1.165, 1.54) is 0 Å². The zero-order valence-electron chi connectivity index (χ0n) is 10.8. The summed E-state index contributed by atoms with van der Waals surface area (Å²) in [6.07, 6.45) is 0.693. The first-order valence-electron chi connectivity index (χ1n) is 6.32. The number of hydrogen-bond acceptors (Lipinski definition) is 3. The predicted molar refractivity (Wildman–Crippen MR) is 72.1 cm³/mol. The average Bonchev–Trinajstić information content (AvgIpc) is 2.39. The molecule has 0 heterocycles. The zero-order chi connectivity index (χ0) is 13.4. The second-order valence-electron chi connectivity index (χ2n) is 4.56. The molecular formula is C14H22N2O2. The van der Waals surface area contributed by atoms with Crippen molar-refractivity contribution in [2.24, 2.45) is 11.7 Å². The Hall–Kier alpha value is -1.39. The van der Waals surface area contributed by atoms with Crippen LogP contribution in [-0.2, 0) is 4.79 Å². The van der Waals surface area contributed by atoms with Crippen LogP contribution in [0.5, 0.6) is 0 Å². The summed E-state index contributed by atoms with van der Waals surface area (Å²) in [6.45, 7) is 3.01. The summed E-state index contributed by atoms with van der Waals surface area (Å²) in [6, 6.07) is 9.54. The fraction of sp³-hybridized carbons (Fsp3) is 0.500. The molecule has 0 saturated carbocycles. The molecule has 0 spiro atoms. The Morgan fingerprint density at radius 1 is 1.39 bits per heavy atom. The maximum absolute atomic E-state index is 12.0. The molecule has 0 aliphatic rings. The summed E-state index contributed by atoms with van der Waals surface area (Å²) >= 11 is 0. The van der Waals surface area contributed by atoms with Gasteiger partial charge in [0.1, 0.15) is 0 Å². The highest BCUT2D eigenvalue weighted by Gasteiger charge is 2.18. The van der Waals surface area contributed by atoms with Crippen molar-refractivity contribution in [2.45, 2.75) is 19.3 Å². The van der Waals surface area contributed by atoms with Crippen molar-refractivity contribution >= 4 is 5.91 Å². The van der Waals surface area contributed by atoms with Crippen molar-refractivity contribution in [1.82, 2.24) is 5.32 Å². The molecule has 0 saturated heterocycles. The maximum Gasteiger partial charge on any atom is 0.228 e. The van der Waals surface area contributed by atoms with Gasteiger partial charge in [-0.3, -0.25) is 4.79 Å². The molecule has 0 aliphatic heterocycles. The minimum Gasteiger partial charge on any atom is -0.396 e. The van der Waals surface area contributed by atoms with E-state index in [2.05, 4.69) is 5.32 Å². The van der Waals surface area contributed by atoms with E-state index in [1.807, 2.05) is 37.3 Å². The van der Waals surface area contributed by atoms with Gasteiger partial charge < -0.3 is 16.2 Å². The third-order valence-electron chi connectivity index (χ3n) is 3.00. The smallest absolute Gasteiger partial charge is 0.228 e. The van der Waals surface area contributed by atoms with Crippen molar-refractivity contribution < 1.29 is 9.90 Å². The molecule has 1 aromatic rings. The van der Waals surface area contributed by atoms with E-state index >= 15 is 0 Å². The van der Waals surface area contributed by atoms with E-state index in [-0.39, 0.29) is 24.3 Å². The monoisotopic (exact) mass is 250 g/mol. The molecule has 4 N–H and O–H groups in total. The first kappa shape index (κ1) is 14.7. The topological polar surface area (TPSA) is 75.3 Å². The highest BCUT2D eigenvalue weighted by molar-refractivity contribution is 5.83. The molecule has 1 rings (SSSR count). The van der Waals surface area contributed by atoms with Gasteiger partial charge in [0.15, 0.2) is 0 Å². The lowest BCUT2D eigenvalue weighted by Crippen LogP contribution is -2.36. The van der Waals surface area contributed by atoms with E-state index in [9.17, 15) is 4.79 Å². The molecule has 100 valence electrons. The molecule has 4 nitrogen and oxygen atoms in total. The van der Waals surface area contributed by atoms with Crippen molar-refractivity contribution in [1.29, 1.82) is 0 Å². The molecule has 1 amide bonds. The van der Waals surface area contributed by atoms with Crippen LogP contribution in [-0.4, -0.2) is 30.7 Å². The van der Waals surface area contributed by atoms with Gasteiger partial charge in [-0.25, -0.2) is 0 Å². The van der Waals surface area contributed by atoms with Crippen LogP contribution in [0.1, 0.15) is 24.8 Å². The first-order valence-corrected chi connectivity index (χ1v) is 6.32. The Labute approximate surface area is 108 Å². The number of carbonyl (C=O) groups is 1. The Balaban J connectivity index is 2.53. The van der Waals surface area contributed by atoms with E-state index in [0.29, 0.717) is 19.5 Å². The van der Waals surface area contributed by atoms with Crippen LogP contribution < -0.4 is 11.1 Å². The second kappa shape index (κ2) is 7.84. The largest absolute Gasteiger partial charge is 0.396 e. The minimum absolute atomic E-state index is 0.0477. The number of aliphatic hydroxyl groups excluding tert-OH is 1. The van der Waals surface area contributed by atoms with Gasteiger partial charge in [0, 0.05) is 19.7 Å². The molecule has 0 aliphatic carbocycles. The molecule has 1 aromatic carbocycles. The minimum atomic E-state index is -0.299.